The van der Waals surface area contributed by atoms with E-state index in [1.165, 1.54) is 22.9 Å². The molecular weight excluding hydrogens is 408 g/mol. The Hall–Kier alpha value is -3.09. The minimum atomic E-state index is -0.657. The largest absolute Gasteiger partial charge is 0.491 e. The maximum atomic E-state index is 10.3. The molecule has 6 heteroatoms. The number of thioether (sulfide) groups is 1. The number of ether oxygens (including phenoxy) is 1. The predicted molar refractivity (Wildman–Crippen MR) is 123 cm³/mol. The molecule has 0 radical (unpaired) electrons. The molecule has 3 aromatic carbocycles. The summed E-state index contributed by atoms with van der Waals surface area (Å²) < 4.78 is 11.4. The lowest BCUT2D eigenvalue weighted by Gasteiger charge is -2.11. The summed E-state index contributed by atoms with van der Waals surface area (Å²) >= 11 is 1.32. The Bertz CT molecular complexity index is 1130. The van der Waals surface area contributed by atoms with Crippen LogP contribution in [0.2, 0.25) is 0 Å². The monoisotopic (exact) mass is 432 g/mol. The molecule has 0 spiro atoms. The maximum absolute atomic E-state index is 10.3. The lowest BCUT2D eigenvalue weighted by molar-refractivity contribution is 0.126. The van der Waals surface area contributed by atoms with Crippen molar-refractivity contribution >= 4 is 11.8 Å². The minimum Gasteiger partial charge on any atom is -0.491 e. The molecule has 0 bridgehead atoms. The lowest BCUT2D eigenvalue weighted by Crippen LogP contribution is -2.20. The second kappa shape index (κ2) is 9.81. The fourth-order valence-electron chi connectivity index (χ4n) is 3.04. The van der Waals surface area contributed by atoms with Gasteiger partial charge in [-0.15, -0.1) is 10.2 Å². The van der Waals surface area contributed by atoms with Gasteiger partial charge in [-0.05, 0) is 60.4 Å². The van der Waals surface area contributed by atoms with Crippen molar-refractivity contribution < 1.29 is 14.3 Å². The summed E-state index contributed by atoms with van der Waals surface area (Å²) in [6.45, 7) is 4.31. The zero-order valence-corrected chi connectivity index (χ0v) is 18.3. The fourth-order valence-corrected chi connectivity index (χ4v) is 3.71. The first-order valence-electron chi connectivity index (χ1n) is 10.1. The SMILES string of the molecule is Cc1ccc(-c2nnc(SCC(O)COc3ccc(-c4ccccc4)cc3)o2)cc1C. The van der Waals surface area contributed by atoms with Crippen molar-refractivity contribution in [3.05, 3.63) is 83.9 Å². The number of aliphatic hydroxyl groups excluding tert-OH is 1. The molecule has 1 aromatic heterocycles. The number of benzene rings is 3. The van der Waals surface area contributed by atoms with Gasteiger partial charge in [-0.1, -0.05) is 60.3 Å². The molecule has 4 aromatic rings. The van der Waals surface area contributed by atoms with E-state index < -0.39 is 6.10 Å². The Kier molecular flexibility index (Phi) is 6.70. The third-order valence-electron chi connectivity index (χ3n) is 4.96. The minimum absolute atomic E-state index is 0.190. The molecule has 0 saturated carbocycles. The van der Waals surface area contributed by atoms with Gasteiger partial charge in [-0.3, -0.25) is 0 Å². The zero-order valence-electron chi connectivity index (χ0n) is 17.5. The van der Waals surface area contributed by atoms with Crippen LogP contribution in [-0.2, 0) is 0 Å². The molecule has 31 heavy (non-hydrogen) atoms. The summed E-state index contributed by atoms with van der Waals surface area (Å²) in [4.78, 5) is 0. The summed E-state index contributed by atoms with van der Waals surface area (Å²) in [6.07, 6.45) is -0.657. The highest BCUT2D eigenvalue weighted by molar-refractivity contribution is 7.99. The van der Waals surface area contributed by atoms with Gasteiger partial charge >= 0.3 is 0 Å². The van der Waals surface area contributed by atoms with Crippen molar-refractivity contribution in [2.75, 3.05) is 12.4 Å². The Balaban J connectivity index is 1.26. The predicted octanol–water partition coefficient (Wildman–Crippen LogP) is 5.55. The van der Waals surface area contributed by atoms with Gasteiger partial charge in [0, 0.05) is 11.3 Å². The molecular formula is C25H24N2O3S. The molecule has 0 aliphatic carbocycles. The summed E-state index contributed by atoms with van der Waals surface area (Å²) in [5.41, 5.74) is 5.57. The van der Waals surface area contributed by atoms with E-state index in [9.17, 15) is 5.11 Å². The molecule has 0 amide bonds. The molecule has 1 heterocycles. The van der Waals surface area contributed by atoms with Crippen LogP contribution in [0.15, 0.2) is 82.4 Å². The van der Waals surface area contributed by atoms with Crippen molar-refractivity contribution in [1.82, 2.24) is 10.2 Å². The lowest BCUT2D eigenvalue weighted by atomic mass is 10.1. The van der Waals surface area contributed by atoms with Crippen LogP contribution in [-0.4, -0.2) is 33.8 Å². The molecule has 0 aliphatic rings. The Morgan fingerprint density at radius 1 is 0.871 bits per heavy atom. The van der Waals surface area contributed by atoms with Crippen LogP contribution in [0.1, 0.15) is 11.1 Å². The van der Waals surface area contributed by atoms with E-state index in [1.54, 1.807) is 0 Å². The smallest absolute Gasteiger partial charge is 0.276 e. The topological polar surface area (TPSA) is 68.4 Å². The first-order valence-corrected chi connectivity index (χ1v) is 11.1. The maximum Gasteiger partial charge on any atom is 0.276 e. The first kappa shape index (κ1) is 21.2. The quantitative estimate of drug-likeness (QED) is 0.368. The van der Waals surface area contributed by atoms with Crippen molar-refractivity contribution in [3.8, 4) is 28.3 Å². The van der Waals surface area contributed by atoms with E-state index in [4.69, 9.17) is 9.15 Å². The summed E-state index contributed by atoms with van der Waals surface area (Å²) in [5.74, 6) is 1.60. The Morgan fingerprint density at radius 2 is 1.58 bits per heavy atom. The van der Waals surface area contributed by atoms with E-state index in [2.05, 4.69) is 36.2 Å². The zero-order chi connectivity index (χ0) is 21.6. The van der Waals surface area contributed by atoms with E-state index >= 15 is 0 Å². The van der Waals surface area contributed by atoms with E-state index in [0.717, 1.165) is 22.4 Å². The number of aromatic nitrogens is 2. The highest BCUT2D eigenvalue weighted by Gasteiger charge is 2.13. The third kappa shape index (κ3) is 5.54. The molecule has 5 nitrogen and oxygen atoms in total. The molecule has 1 N–H and O–H groups in total. The van der Waals surface area contributed by atoms with Gasteiger partial charge in [0.15, 0.2) is 0 Å². The molecule has 1 atom stereocenters. The third-order valence-corrected chi connectivity index (χ3v) is 5.93. The van der Waals surface area contributed by atoms with Gasteiger partial charge in [-0.2, -0.15) is 0 Å². The number of nitrogens with zero attached hydrogens (tertiary/aromatic N) is 2. The van der Waals surface area contributed by atoms with E-state index in [0.29, 0.717) is 16.9 Å². The second-order valence-electron chi connectivity index (χ2n) is 7.34. The number of aliphatic hydroxyl groups is 1. The molecule has 158 valence electrons. The van der Waals surface area contributed by atoms with Gasteiger partial charge < -0.3 is 14.3 Å². The molecule has 1 unspecified atom stereocenters. The Morgan fingerprint density at radius 3 is 2.32 bits per heavy atom. The standard InChI is InChI=1S/C25H24N2O3S/c1-17-8-9-21(14-18(17)2)24-26-27-25(30-24)31-16-22(28)15-29-23-12-10-20(11-13-23)19-6-4-3-5-7-19/h3-14,22,28H,15-16H2,1-2H3. The van der Waals surface area contributed by atoms with Gasteiger partial charge in [0.25, 0.3) is 5.22 Å². The van der Waals surface area contributed by atoms with Gasteiger partial charge in [0.2, 0.25) is 5.89 Å². The fraction of sp³-hybridized carbons (Fsp3) is 0.200. The summed E-state index contributed by atoms with van der Waals surface area (Å²) in [6, 6.07) is 24.1. The number of hydrogen-bond donors (Lipinski definition) is 1. The number of aryl methyl sites for hydroxylation is 2. The van der Waals surface area contributed by atoms with Crippen molar-refractivity contribution in [2.45, 2.75) is 25.2 Å². The first-order chi connectivity index (χ1) is 15.1. The Labute approximate surface area is 186 Å². The highest BCUT2D eigenvalue weighted by atomic mass is 32.2. The van der Waals surface area contributed by atoms with Gasteiger partial charge in [-0.25, -0.2) is 0 Å². The van der Waals surface area contributed by atoms with Crippen LogP contribution in [0.5, 0.6) is 5.75 Å². The van der Waals surface area contributed by atoms with Gasteiger partial charge in [0.1, 0.15) is 12.4 Å². The van der Waals surface area contributed by atoms with Crippen LogP contribution >= 0.6 is 11.8 Å². The van der Waals surface area contributed by atoms with E-state index in [-0.39, 0.29) is 6.61 Å². The average molecular weight is 433 g/mol. The molecule has 0 aliphatic heterocycles. The highest BCUT2D eigenvalue weighted by Crippen LogP contribution is 2.26. The van der Waals surface area contributed by atoms with E-state index in [1.807, 2.05) is 60.7 Å². The molecule has 0 fully saturated rings. The van der Waals surface area contributed by atoms with Crippen LogP contribution in [0.3, 0.4) is 0 Å². The summed E-state index contributed by atoms with van der Waals surface area (Å²) in [7, 11) is 0. The second-order valence-corrected chi connectivity index (χ2v) is 8.31. The van der Waals surface area contributed by atoms with Crippen molar-refractivity contribution in [3.63, 3.8) is 0 Å². The van der Waals surface area contributed by atoms with Crippen LogP contribution in [0, 0.1) is 13.8 Å². The van der Waals surface area contributed by atoms with Crippen LogP contribution in [0.25, 0.3) is 22.6 Å². The van der Waals surface area contributed by atoms with Crippen LogP contribution in [0.4, 0.5) is 0 Å². The van der Waals surface area contributed by atoms with Crippen molar-refractivity contribution in [2.24, 2.45) is 0 Å². The average Bonchev–Trinajstić information content (AvgIpc) is 3.28. The van der Waals surface area contributed by atoms with Crippen molar-refractivity contribution in [1.29, 1.82) is 0 Å². The molecule has 0 saturated heterocycles. The van der Waals surface area contributed by atoms with Crippen LogP contribution < -0.4 is 4.74 Å². The summed E-state index contributed by atoms with van der Waals surface area (Å²) in [5, 5.41) is 18.9. The van der Waals surface area contributed by atoms with Gasteiger partial charge in [0.05, 0.1) is 6.10 Å². The number of hydrogen-bond acceptors (Lipinski definition) is 6. The number of rotatable bonds is 8. The molecule has 4 rings (SSSR count). The normalized spacial score (nSPS) is 12.0.